The number of anilines is 1. The van der Waals surface area contributed by atoms with Crippen LogP contribution in [0.3, 0.4) is 0 Å². The lowest BCUT2D eigenvalue weighted by Crippen LogP contribution is -2.02. The van der Waals surface area contributed by atoms with Gasteiger partial charge in [0.15, 0.2) is 0 Å². The van der Waals surface area contributed by atoms with Crippen molar-refractivity contribution in [1.82, 2.24) is 4.98 Å². The average Bonchev–Trinajstić information content (AvgIpc) is 2.38. The van der Waals surface area contributed by atoms with Gasteiger partial charge in [-0.1, -0.05) is 6.07 Å². The Morgan fingerprint density at radius 2 is 2.11 bits per heavy atom. The highest BCUT2D eigenvalue weighted by atomic mass is 19.1. The summed E-state index contributed by atoms with van der Waals surface area (Å²) in [4.78, 5) is 14.7. The van der Waals surface area contributed by atoms with Crippen LogP contribution >= 0.6 is 0 Å². The van der Waals surface area contributed by atoms with Gasteiger partial charge in [-0.15, -0.1) is 0 Å². The lowest BCUT2D eigenvalue weighted by molar-refractivity contribution is -0.729. The summed E-state index contributed by atoms with van der Waals surface area (Å²) in [5.41, 5.74) is 0.638. The van der Waals surface area contributed by atoms with E-state index in [1.54, 1.807) is 18.2 Å². The first-order valence-corrected chi connectivity index (χ1v) is 5.23. The van der Waals surface area contributed by atoms with Crippen molar-refractivity contribution in [3.8, 4) is 11.3 Å². The summed E-state index contributed by atoms with van der Waals surface area (Å²) < 4.78 is 13.9. The van der Waals surface area contributed by atoms with Crippen molar-refractivity contribution in [3.63, 3.8) is 0 Å². The molecule has 0 unspecified atom stereocenters. The van der Waals surface area contributed by atoms with Crippen molar-refractivity contribution in [1.29, 1.82) is 0 Å². The van der Waals surface area contributed by atoms with E-state index >= 15 is 0 Å². The van der Waals surface area contributed by atoms with E-state index in [9.17, 15) is 9.30 Å². The SMILES string of the molecule is CNc1c([N+](=O)O)ccc(F)c1-c1ccccn1. The van der Waals surface area contributed by atoms with Gasteiger partial charge in [0.25, 0.3) is 4.92 Å². The molecule has 0 aliphatic heterocycles. The Bertz CT molecular complexity index is 587. The van der Waals surface area contributed by atoms with Crippen molar-refractivity contribution in [3.05, 3.63) is 47.3 Å². The fraction of sp³-hybridized carbons (Fsp3) is 0.0833. The Hall–Kier alpha value is -2.50. The summed E-state index contributed by atoms with van der Waals surface area (Å²) in [5, 5.41) is 11.7. The summed E-state index contributed by atoms with van der Waals surface area (Å²) in [6.07, 6.45) is 1.52. The molecule has 0 aliphatic carbocycles. The molecule has 2 aromatic rings. The van der Waals surface area contributed by atoms with Crippen LogP contribution in [0.2, 0.25) is 0 Å². The van der Waals surface area contributed by atoms with Crippen LogP contribution < -0.4 is 5.32 Å². The minimum Gasteiger partial charge on any atom is -0.382 e. The molecule has 1 heterocycles. The summed E-state index contributed by atoms with van der Waals surface area (Å²) in [6, 6.07) is 7.34. The summed E-state index contributed by atoms with van der Waals surface area (Å²) in [5.74, 6) is -0.524. The van der Waals surface area contributed by atoms with Crippen LogP contribution in [0.25, 0.3) is 11.3 Å². The molecule has 6 heteroatoms. The first kappa shape index (κ1) is 12.0. The number of pyridine rings is 1. The van der Waals surface area contributed by atoms with Crippen molar-refractivity contribution >= 4 is 11.4 Å². The van der Waals surface area contributed by atoms with Gasteiger partial charge in [-0.2, -0.15) is 0 Å². The molecule has 1 aromatic heterocycles. The summed E-state index contributed by atoms with van der Waals surface area (Å²) >= 11 is 0. The van der Waals surface area contributed by atoms with Gasteiger partial charge in [0.1, 0.15) is 11.5 Å². The number of halogens is 1. The van der Waals surface area contributed by atoms with E-state index in [1.165, 1.54) is 19.3 Å². The predicted octanol–water partition coefficient (Wildman–Crippen LogP) is 2.73. The third-order valence-corrected chi connectivity index (χ3v) is 2.51. The van der Waals surface area contributed by atoms with Crippen LogP contribution in [-0.4, -0.2) is 22.2 Å². The van der Waals surface area contributed by atoms with Crippen molar-refractivity contribution < 1.29 is 14.5 Å². The van der Waals surface area contributed by atoms with Gasteiger partial charge in [0.05, 0.1) is 16.2 Å². The lowest BCUT2D eigenvalue weighted by Gasteiger charge is -2.08. The molecule has 92 valence electrons. The molecule has 0 saturated heterocycles. The molecule has 0 atom stereocenters. The maximum Gasteiger partial charge on any atom is 0.340 e. The van der Waals surface area contributed by atoms with Crippen LogP contribution in [0, 0.1) is 10.7 Å². The molecular formula is C12H11FN3O2+. The molecule has 1 aromatic carbocycles. The van der Waals surface area contributed by atoms with E-state index in [-0.39, 0.29) is 21.9 Å². The number of nitrogens with one attached hydrogen (secondary N) is 1. The Balaban J connectivity index is 2.73. The standard InChI is InChI=1S/C12H11FN3O2/c1-14-12-10(16(17)18)6-5-8(13)11(12)9-4-2-3-7-15-9/h2-7,14H,1H3,(H,17,18)/q+1. The zero-order chi connectivity index (χ0) is 13.1. The molecule has 18 heavy (non-hydrogen) atoms. The Kier molecular flexibility index (Phi) is 3.18. The van der Waals surface area contributed by atoms with E-state index in [2.05, 4.69) is 10.3 Å². The van der Waals surface area contributed by atoms with E-state index in [0.717, 1.165) is 6.07 Å². The lowest BCUT2D eigenvalue weighted by atomic mass is 10.1. The van der Waals surface area contributed by atoms with Gasteiger partial charge in [-0.3, -0.25) is 4.98 Å². The zero-order valence-corrected chi connectivity index (χ0v) is 9.59. The number of hydrogen-bond acceptors (Lipinski definition) is 3. The summed E-state index contributed by atoms with van der Waals surface area (Å²) in [7, 11) is 1.54. The topological polar surface area (TPSA) is 65.2 Å². The highest BCUT2D eigenvalue weighted by Gasteiger charge is 2.25. The second kappa shape index (κ2) is 4.79. The maximum atomic E-state index is 13.9. The normalized spacial score (nSPS) is 10.1. The van der Waals surface area contributed by atoms with Crippen molar-refractivity contribution in [2.24, 2.45) is 0 Å². The molecular weight excluding hydrogens is 237 g/mol. The molecule has 0 fully saturated rings. The molecule has 0 saturated carbocycles. The fourth-order valence-electron chi connectivity index (χ4n) is 1.74. The van der Waals surface area contributed by atoms with E-state index in [4.69, 9.17) is 5.21 Å². The number of rotatable bonds is 3. The van der Waals surface area contributed by atoms with Crippen LogP contribution in [0.15, 0.2) is 36.5 Å². The summed E-state index contributed by atoms with van der Waals surface area (Å²) in [6.45, 7) is 0. The second-order valence-corrected chi connectivity index (χ2v) is 3.55. The third-order valence-electron chi connectivity index (χ3n) is 2.51. The van der Waals surface area contributed by atoms with Crippen LogP contribution in [0.1, 0.15) is 0 Å². The van der Waals surface area contributed by atoms with Gasteiger partial charge in [0.2, 0.25) is 0 Å². The molecule has 0 aliphatic rings. The first-order valence-electron chi connectivity index (χ1n) is 5.23. The molecule has 2 rings (SSSR count). The van der Waals surface area contributed by atoms with E-state index in [0.29, 0.717) is 5.69 Å². The Morgan fingerprint density at radius 1 is 1.33 bits per heavy atom. The van der Waals surface area contributed by atoms with Crippen molar-refractivity contribution in [2.45, 2.75) is 0 Å². The van der Waals surface area contributed by atoms with E-state index in [1.807, 2.05) is 0 Å². The Labute approximate surface area is 102 Å². The zero-order valence-electron chi connectivity index (χ0n) is 9.59. The van der Waals surface area contributed by atoms with Gasteiger partial charge >= 0.3 is 5.69 Å². The number of aromatic nitrogens is 1. The van der Waals surface area contributed by atoms with Crippen LogP contribution in [0.5, 0.6) is 0 Å². The largest absolute Gasteiger partial charge is 0.382 e. The first-order chi connectivity index (χ1) is 8.65. The van der Waals surface area contributed by atoms with Crippen LogP contribution in [-0.2, 0) is 0 Å². The van der Waals surface area contributed by atoms with Crippen molar-refractivity contribution in [2.75, 3.05) is 12.4 Å². The molecule has 0 amide bonds. The molecule has 0 bridgehead atoms. The van der Waals surface area contributed by atoms with Gasteiger partial charge in [-0.25, -0.2) is 9.60 Å². The molecule has 5 nitrogen and oxygen atoms in total. The minimum absolute atomic E-state index is 0.0699. The highest BCUT2D eigenvalue weighted by molar-refractivity contribution is 5.82. The predicted molar refractivity (Wildman–Crippen MR) is 64.3 cm³/mol. The number of benzene rings is 1. The van der Waals surface area contributed by atoms with Gasteiger partial charge in [0, 0.05) is 19.3 Å². The average molecular weight is 248 g/mol. The second-order valence-electron chi connectivity index (χ2n) is 3.55. The smallest absolute Gasteiger partial charge is 0.340 e. The maximum absolute atomic E-state index is 13.9. The van der Waals surface area contributed by atoms with E-state index < -0.39 is 5.82 Å². The fourth-order valence-corrected chi connectivity index (χ4v) is 1.74. The quantitative estimate of drug-likeness (QED) is 0.820. The third kappa shape index (κ3) is 2.00. The number of hydrogen-bond donors (Lipinski definition) is 2. The number of nitrogens with zero attached hydrogens (tertiary/aromatic N) is 2. The molecule has 2 N–H and O–H groups in total. The monoisotopic (exact) mass is 248 g/mol. The van der Waals surface area contributed by atoms with Gasteiger partial charge < -0.3 is 5.32 Å². The Morgan fingerprint density at radius 3 is 2.67 bits per heavy atom. The molecule has 0 radical (unpaired) electrons. The molecule has 0 spiro atoms. The highest BCUT2D eigenvalue weighted by Crippen LogP contribution is 2.36. The van der Waals surface area contributed by atoms with Gasteiger partial charge in [-0.05, 0) is 18.2 Å². The van der Waals surface area contributed by atoms with Crippen LogP contribution in [0.4, 0.5) is 15.8 Å². The minimum atomic E-state index is -0.524.